The van der Waals surface area contributed by atoms with Crippen LogP contribution in [-0.2, 0) is 19.4 Å². The fraction of sp³-hybridized carbons (Fsp3) is 0.812. The third-order valence-corrected chi connectivity index (χ3v) is 4.89. The molecule has 1 aliphatic carbocycles. The molecule has 1 N–H and O–H groups in total. The van der Waals surface area contributed by atoms with Gasteiger partial charge >= 0.3 is 0 Å². The largest absolute Gasteiger partial charge is 0.389 e. The number of aryl methyl sites for hydroxylation is 2. The predicted octanol–water partition coefficient (Wildman–Crippen LogP) is 3.85. The molecular weight excluding hydrogens is 272 g/mol. The Bertz CT molecular complexity index is 459. The maximum Gasteiger partial charge on any atom is 0.0850 e. The molecule has 0 saturated heterocycles. The van der Waals surface area contributed by atoms with E-state index in [0.29, 0.717) is 18.3 Å². The summed E-state index contributed by atoms with van der Waals surface area (Å²) in [7, 11) is 0. The molecule has 3 nitrogen and oxygen atoms in total. The maximum atomic E-state index is 11.0. The summed E-state index contributed by atoms with van der Waals surface area (Å²) in [6.07, 6.45) is 4.41. The third-order valence-electron chi connectivity index (χ3n) is 4.45. The summed E-state index contributed by atoms with van der Waals surface area (Å²) in [5.41, 5.74) is 1.33. The number of aliphatic hydroxyl groups is 1. The molecule has 0 amide bonds. The van der Waals surface area contributed by atoms with Crippen molar-refractivity contribution in [3.63, 3.8) is 0 Å². The van der Waals surface area contributed by atoms with Crippen molar-refractivity contribution in [1.82, 2.24) is 9.78 Å². The smallest absolute Gasteiger partial charge is 0.0850 e. The van der Waals surface area contributed by atoms with Gasteiger partial charge in [-0.3, -0.25) is 4.68 Å². The highest BCUT2D eigenvalue weighted by molar-refractivity contribution is 6.31. The van der Waals surface area contributed by atoms with Crippen molar-refractivity contribution in [2.24, 2.45) is 11.8 Å². The van der Waals surface area contributed by atoms with E-state index < -0.39 is 5.60 Å². The van der Waals surface area contributed by atoms with Crippen LogP contribution < -0.4 is 0 Å². The van der Waals surface area contributed by atoms with Crippen molar-refractivity contribution >= 4 is 11.6 Å². The van der Waals surface area contributed by atoms with E-state index >= 15 is 0 Å². The number of aromatic nitrogens is 2. The molecule has 1 saturated carbocycles. The molecule has 1 heterocycles. The number of nitrogens with zero attached hydrogens (tertiary/aromatic N) is 2. The molecule has 1 aliphatic rings. The van der Waals surface area contributed by atoms with Crippen molar-refractivity contribution < 1.29 is 5.11 Å². The Labute approximate surface area is 127 Å². The van der Waals surface area contributed by atoms with Crippen LogP contribution in [0.3, 0.4) is 0 Å². The number of halogens is 1. The molecule has 4 heteroatoms. The highest BCUT2D eigenvalue weighted by Crippen LogP contribution is 2.39. The highest BCUT2D eigenvalue weighted by Gasteiger charge is 2.37. The average Bonchev–Trinajstić information content (AvgIpc) is 2.64. The lowest BCUT2D eigenvalue weighted by Crippen LogP contribution is -2.40. The Balaban J connectivity index is 2.26. The molecule has 0 radical (unpaired) electrons. The van der Waals surface area contributed by atoms with Gasteiger partial charge in [-0.25, -0.2) is 0 Å². The zero-order valence-corrected chi connectivity index (χ0v) is 13.9. The van der Waals surface area contributed by atoms with Crippen LogP contribution in [0.5, 0.6) is 0 Å². The van der Waals surface area contributed by atoms with Gasteiger partial charge in [0.2, 0.25) is 0 Å². The van der Waals surface area contributed by atoms with Crippen molar-refractivity contribution in [2.45, 2.75) is 71.9 Å². The first-order valence-corrected chi connectivity index (χ1v) is 8.22. The van der Waals surface area contributed by atoms with E-state index in [4.69, 9.17) is 11.6 Å². The Morgan fingerprint density at radius 2 is 1.90 bits per heavy atom. The second-order valence-electron chi connectivity index (χ2n) is 6.63. The third kappa shape index (κ3) is 3.20. The van der Waals surface area contributed by atoms with Crippen LogP contribution in [0.25, 0.3) is 0 Å². The molecule has 2 unspecified atom stereocenters. The average molecular weight is 299 g/mol. The summed E-state index contributed by atoms with van der Waals surface area (Å²) in [5, 5.41) is 16.3. The lowest BCUT2D eigenvalue weighted by molar-refractivity contribution is -0.0318. The van der Waals surface area contributed by atoms with Crippen LogP contribution in [0.4, 0.5) is 0 Å². The Hall–Kier alpha value is -0.540. The highest BCUT2D eigenvalue weighted by atomic mass is 35.5. The van der Waals surface area contributed by atoms with E-state index in [2.05, 4.69) is 32.8 Å². The predicted molar refractivity (Wildman–Crippen MR) is 83.1 cm³/mol. The monoisotopic (exact) mass is 298 g/mol. The van der Waals surface area contributed by atoms with Crippen LogP contribution in [-0.4, -0.2) is 20.5 Å². The molecule has 1 aromatic rings. The van der Waals surface area contributed by atoms with E-state index in [1.54, 1.807) is 0 Å². The Kier molecular flexibility index (Phi) is 4.80. The standard InChI is InChI=1S/C16H27ClN2O/c1-5-13-15(17)14(19(6-2)18-13)10-16(20)8-11(3)7-12(4)9-16/h11-12,20H,5-10H2,1-4H3. The summed E-state index contributed by atoms with van der Waals surface area (Å²) < 4.78 is 1.96. The number of hydrogen-bond donors (Lipinski definition) is 1. The minimum atomic E-state index is -0.626. The molecule has 2 rings (SSSR count). The van der Waals surface area contributed by atoms with Gasteiger partial charge in [-0.05, 0) is 44.4 Å². The summed E-state index contributed by atoms with van der Waals surface area (Å²) in [6, 6.07) is 0. The summed E-state index contributed by atoms with van der Waals surface area (Å²) in [4.78, 5) is 0. The van der Waals surface area contributed by atoms with Crippen molar-refractivity contribution in [3.8, 4) is 0 Å². The quantitative estimate of drug-likeness (QED) is 0.917. The van der Waals surface area contributed by atoms with Gasteiger partial charge in [0.15, 0.2) is 0 Å². The normalized spacial score (nSPS) is 30.7. The second-order valence-corrected chi connectivity index (χ2v) is 7.01. The number of rotatable bonds is 4. The molecule has 2 atom stereocenters. The summed E-state index contributed by atoms with van der Waals surface area (Å²) in [6.45, 7) is 9.41. The first-order chi connectivity index (χ1) is 9.38. The lowest BCUT2D eigenvalue weighted by atomic mass is 9.72. The minimum Gasteiger partial charge on any atom is -0.389 e. The van der Waals surface area contributed by atoms with E-state index in [-0.39, 0.29) is 0 Å². The molecule has 0 aromatic carbocycles. The van der Waals surface area contributed by atoms with Gasteiger partial charge in [-0.1, -0.05) is 32.4 Å². The van der Waals surface area contributed by atoms with E-state index in [1.807, 2.05) is 4.68 Å². The Morgan fingerprint density at radius 1 is 1.30 bits per heavy atom. The fourth-order valence-corrected chi connectivity index (χ4v) is 4.21. The van der Waals surface area contributed by atoms with Gasteiger partial charge in [0.1, 0.15) is 0 Å². The molecule has 0 aliphatic heterocycles. The van der Waals surface area contributed by atoms with Crippen molar-refractivity contribution in [2.75, 3.05) is 0 Å². The van der Waals surface area contributed by atoms with Gasteiger partial charge in [-0.15, -0.1) is 0 Å². The molecular formula is C16H27ClN2O. The SMILES string of the molecule is CCc1nn(CC)c(CC2(O)CC(C)CC(C)C2)c1Cl. The molecule has 1 aromatic heterocycles. The first-order valence-electron chi connectivity index (χ1n) is 7.85. The molecule has 0 bridgehead atoms. The van der Waals surface area contributed by atoms with Crippen LogP contribution in [0.1, 0.15) is 58.3 Å². The van der Waals surface area contributed by atoms with Crippen LogP contribution in [0, 0.1) is 11.8 Å². The van der Waals surface area contributed by atoms with E-state index in [0.717, 1.165) is 42.2 Å². The van der Waals surface area contributed by atoms with Gasteiger partial charge < -0.3 is 5.11 Å². The summed E-state index contributed by atoms with van der Waals surface area (Å²) in [5.74, 6) is 1.15. The molecule has 20 heavy (non-hydrogen) atoms. The lowest BCUT2D eigenvalue weighted by Gasteiger charge is -2.39. The van der Waals surface area contributed by atoms with Crippen LogP contribution >= 0.6 is 11.6 Å². The Morgan fingerprint density at radius 3 is 2.40 bits per heavy atom. The van der Waals surface area contributed by atoms with E-state index in [1.165, 1.54) is 6.42 Å². The zero-order chi connectivity index (χ0) is 14.9. The minimum absolute atomic E-state index is 0.575. The van der Waals surface area contributed by atoms with Crippen LogP contribution in [0.2, 0.25) is 5.02 Å². The number of hydrogen-bond acceptors (Lipinski definition) is 2. The van der Waals surface area contributed by atoms with Gasteiger partial charge in [-0.2, -0.15) is 5.10 Å². The molecule has 0 spiro atoms. The topological polar surface area (TPSA) is 38.0 Å². The maximum absolute atomic E-state index is 11.0. The van der Waals surface area contributed by atoms with Gasteiger partial charge in [0.25, 0.3) is 0 Å². The van der Waals surface area contributed by atoms with Gasteiger partial charge in [0, 0.05) is 13.0 Å². The second kappa shape index (κ2) is 6.07. The first kappa shape index (κ1) is 15.8. The molecule has 1 fully saturated rings. The van der Waals surface area contributed by atoms with Crippen LogP contribution in [0.15, 0.2) is 0 Å². The van der Waals surface area contributed by atoms with Crippen molar-refractivity contribution in [3.05, 3.63) is 16.4 Å². The molecule has 114 valence electrons. The van der Waals surface area contributed by atoms with Gasteiger partial charge in [0.05, 0.1) is 22.0 Å². The summed E-state index contributed by atoms with van der Waals surface area (Å²) >= 11 is 6.47. The van der Waals surface area contributed by atoms with Crippen molar-refractivity contribution in [1.29, 1.82) is 0 Å². The van der Waals surface area contributed by atoms with E-state index in [9.17, 15) is 5.11 Å². The zero-order valence-electron chi connectivity index (χ0n) is 13.1. The fourth-order valence-electron chi connectivity index (χ4n) is 3.88.